The molecule has 1 unspecified atom stereocenters. The van der Waals surface area contributed by atoms with Crippen molar-refractivity contribution in [2.45, 2.75) is 52.4 Å². The summed E-state index contributed by atoms with van der Waals surface area (Å²) in [7, 11) is 0. The number of aryl methyl sites for hydroxylation is 1. The highest BCUT2D eigenvalue weighted by Crippen LogP contribution is 2.22. The number of ether oxygens (including phenoxy) is 1. The van der Waals surface area contributed by atoms with E-state index in [0.29, 0.717) is 24.5 Å². The summed E-state index contributed by atoms with van der Waals surface area (Å²) >= 11 is 0. The van der Waals surface area contributed by atoms with Gasteiger partial charge in [0.1, 0.15) is 5.75 Å². The predicted octanol–water partition coefficient (Wildman–Crippen LogP) is 3.88. The molecular weight excluding hydrogens is 316 g/mol. The van der Waals surface area contributed by atoms with Gasteiger partial charge in [0.05, 0.1) is 5.69 Å². The van der Waals surface area contributed by atoms with E-state index < -0.39 is 6.29 Å². The smallest absolute Gasteiger partial charge is 0.198 e. The van der Waals surface area contributed by atoms with Gasteiger partial charge in [-0.25, -0.2) is 0 Å². The van der Waals surface area contributed by atoms with Crippen molar-refractivity contribution in [3.05, 3.63) is 47.3 Å². The first-order valence-corrected chi connectivity index (χ1v) is 8.70. The Morgan fingerprint density at radius 3 is 2.72 bits per heavy atom. The normalized spacial score (nSPS) is 13.3. The van der Waals surface area contributed by atoms with Crippen molar-refractivity contribution in [2.24, 2.45) is 0 Å². The van der Waals surface area contributed by atoms with Gasteiger partial charge < -0.3 is 19.7 Å². The van der Waals surface area contributed by atoms with Gasteiger partial charge in [-0.05, 0) is 45.4 Å². The summed E-state index contributed by atoms with van der Waals surface area (Å²) in [4.78, 5) is 0. The van der Waals surface area contributed by atoms with Crippen molar-refractivity contribution in [3.8, 4) is 5.75 Å². The maximum Gasteiger partial charge on any atom is 0.198 e. The van der Waals surface area contributed by atoms with E-state index in [-0.39, 0.29) is 5.54 Å². The molecule has 0 spiro atoms. The van der Waals surface area contributed by atoms with Gasteiger partial charge >= 0.3 is 0 Å². The van der Waals surface area contributed by atoms with Crippen LogP contribution in [0.4, 0.5) is 0 Å². The highest BCUT2D eigenvalue weighted by Gasteiger charge is 2.12. The quantitative estimate of drug-likeness (QED) is 0.711. The summed E-state index contributed by atoms with van der Waals surface area (Å²) in [5, 5.41) is 17.4. The molecular formula is C20H28N2O3. The lowest BCUT2D eigenvalue weighted by molar-refractivity contribution is -0.0233. The first-order chi connectivity index (χ1) is 11.9. The molecule has 1 aromatic carbocycles. The first kappa shape index (κ1) is 19.2. The van der Waals surface area contributed by atoms with Gasteiger partial charge in [-0.3, -0.25) is 0 Å². The minimum absolute atomic E-state index is 0.0226. The minimum Gasteiger partial charge on any atom is -0.464 e. The van der Waals surface area contributed by atoms with Gasteiger partial charge in [-0.2, -0.15) is 0 Å². The Labute approximate surface area is 149 Å². The molecule has 2 aromatic rings. The predicted molar refractivity (Wildman–Crippen MR) is 100 cm³/mol. The van der Waals surface area contributed by atoms with Crippen LogP contribution < -0.4 is 10.1 Å². The molecule has 0 saturated heterocycles. The Morgan fingerprint density at radius 2 is 2.04 bits per heavy atom. The monoisotopic (exact) mass is 344 g/mol. The van der Waals surface area contributed by atoms with Crippen molar-refractivity contribution in [1.82, 2.24) is 10.5 Å². The van der Waals surface area contributed by atoms with Crippen molar-refractivity contribution in [3.63, 3.8) is 0 Å². The zero-order valence-electron chi connectivity index (χ0n) is 15.5. The number of para-hydroxylation sites is 1. The van der Waals surface area contributed by atoms with Crippen molar-refractivity contribution < 1.29 is 14.4 Å². The van der Waals surface area contributed by atoms with Crippen LogP contribution in [0.15, 0.2) is 34.9 Å². The molecule has 0 radical (unpaired) electrons. The topological polar surface area (TPSA) is 67.5 Å². The van der Waals surface area contributed by atoms with Gasteiger partial charge in [0.15, 0.2) is 12.1 Å². The van der Waals surface area contributed by atoms with Gasteiger partial charge in [-0.1, -0.05) is 30.3 Å². The molecule has 2 N–H and O–H groups in total. The van der Waals surface area contributed by atoms with E-state index in [4.69, 9.17) is 9.26 Å². The fourth-order valence-electron chi connectivity index (χ4n) is 2.25. The molecule has 0 aliphatic carbocycles. The van der Waals surface area contributed by atoms with Crippen LogP contribution in [-0.2, 0) is 6.42 Å². The highest BCUT2D eigenvalue weighted by molar-refractivity contribution is 5.70. The van der Waals surface area contributed by atoms with Crippen LogP contribution in [0.3, 0.4) is 0 Å². The fraction of sp³-hybridized carbons (Fsp3) is 0.450. The number of benzene rings is 1. The van der Waals surface area contributed by atoms with Crippen LogP contribution in [0.5, 0.6) is 5.75 Å². The fourth-order valence-corrected chi connectivity index (χ4v) is 2.25. The van der Waals surface area contributed by atoms with E-state index in [0.717, 1.165) is 17.7 Å². The Hall–Kier alpha value is -2.11. The van der Waals surface area contributed by atoms with E-state index in [1.165, 1.54) is 0 Å². The average Bonchev–Trinajstić information content (AvgIpc) is 3.01. The second-order valence-electron chi connectivity index (χ2n) is 6.98. The molecule has 5 nitrogen and oxygen atoms in total. The summed E-state index contributed by atoms with van der Waals surface area (Å²) in [5.41, 5.74) is 1.82. The van der Waals surface area contributed by atoms with E-state index in [9.17, 15) is 5.11 Å². The minimum atomic E-state index is -0.860. The van der Waals surface area contributed by atoms with Gasteiger partial charge in [-0.15, -0.1) is 0 Å². The third-order valence-corrected chi connectivity index (χ3v) is 3.60. The van der Waals surface area contributed by atoms with E-state index in [1.54, 1.807) is 0 Å². The molecule has 1 atom stereocenters. The number of hydrogen-bond donors (Lipinski definition) is 2. The number of hydrogen-bond acceptors (Lipinski definition) is 5. The molecule has 5 heteroatoms. The number of nitrogens with zero attached hydrogens (tertiary/aromatic N) is 1. The van der Waals surface area contributed by atoms with Crippen LogP contribution in [0.1, 0.15) is 51.1 Å². The van der Waals surface area contributed by atoms with Crippen LogP contribution in [0.2, 0.25) is 0 Å². The molecule has 0 fully saturated rings. The second-order valence-corrected chi connectivity index (χ2v) is 6.98. The summed E-state index contributed by atoms with van der Waals surface area (Å²) in [6.45, 7) is 8.99. The van der Waals surface area contributed by atoms with Gasteiger partial charge in [0.2, 0.25) is 0 Å². The SMILES string of the molecule is CCc1cc(/C=C\c2ccccc2OC(O)CCNC(C)(C)C)on1. The van der Waals surface area contributed by atoms with Crippen LogP contribution >= 0.6 is 0 Å². The molecule has 0 saturated carbocycles. The molecule has 1 aromatic heterocycles. The van der Waals surface area contributed by atoms with E-state index in [2.05, 4.69) is 31.2 Å². The largest absolute Gasteiger partial charge is 0.464 e. The molecule has 136 valence electrons. The number of nitrogens with one attached hydrogen (secondary N) is 1. The third-order valence-electron chi connectivity index (χ3n) is 3.60. The van der Waals surface area contributed by atoms with Crippen LogP contribution in [0, 0.1) is 0 Å². The molecule has 1 heterocycles. The highest BCUT2D eigenvalue weighted by atomic mass is 16.6. The molecule has 0 bridgehead atoms. The lowest BCUT2D eigenvalue weighted by Gasteiger charge is -2.22. The molecule has 25 heavy (non-hydrogen) atoms. The molecule has 0 aliphatic rings. The molecule has 0 amide bonds. The average molecular weight is 344 g/mol. The maximum absolute atomic E-state index is 10.1. The van der Waals surface area contributed by atoms with Crippen LogP contribution in [-0.4, -0.2) is 28.6 Å². The number of rotatable bonds is 8. The Balaban J connectivity index is 1.97. The van der Waals surface area contributed by atoms with Crippen LogP contribution in [0.25, 0.3) is 12.2 Å². The summed E-state index contributed by atoms with van der Waals surface area (Å²) < 4.78 is 10.9. The summed E-state index contributed by atoms with van der Waals surface area (Å²) in [6.07, 6.45) is 4.24. The Morgan fingerprint density at radius 1 is 1.28 bits per heavy atom. The number of aliphatic hydroxyl groups excluding tert-OH is 1. The zero-order chi connectivity index (χ0) is 18.3. The molecule has 0 aliphatic heterocycles. The van der Waals surface area contributed by atoms with Gasteiger partial charge in [0, 0.05) is 30.1 Å². The van der Waals surface area contributed by atoms with Gasteiger partial charge in [0.25, 0.3) is 0 Å². The Kier molecular flexibility index (Phi) is 6.79. The van der Waals surface area contributed by atoms with E-state index >= 15 is 0 Å². The first-order valence-electron chi connectivity index (χ1n) is 8.70. The lowest BCUT2D eigenvalue weighted by atomic mass is 10.1. The van der Waals surface area contributed by atoms with Crippen molar-refractivity contribution in [2.75, 3.05) is 6.54 Å². The molecule has 2 rings (SSSR count). The summed E-state index contributed by atoms with van der Waals surface area (Å²) in [6, 6.07) is 9.50. The van der Waals surface area contributed by atoms with Crippen molar-refractivity contribution >= 4 is 12.2 Å². The standard InChI is InChI=1S/C20H28N2O3/c1-5-16-14-17(25-22-16)11-10-15-8-6-7-9-18(15)24-19(23)12-13-21-20(2,3)4/h6-11,14,19,21,23H,5,12-13H2,1-4H3/b11-10-. The zero-order valence-corrected chi connectivity index (χ0v) is 15.5. The third kappa shape index (κ3) is 6.72. The van der Waals surface area contributed by atoms with Crippen molar-refractivity contribution in [1.29, 1.82) is 0 Å². The second kappa shape index (κ2) is 8.83. The maximum atomic E-state index is 10.1. The number of aliphatic hydroxyl groups is 1. The Bertz CT molecular complexity index is 686. The number of aromatic nitrogens is 1. The summed E-state index contributed by atoms with van der Waals surface area (Å²) in [5.74, 6) is 1.33. The lowest BCUT2D eigenvalue weighted by Crippen LogP contribution is -2.38. The van der Waals surface area contributed by atoms with E-state index in [1.807, 2.05) is 49.4 Å².